The summed E-state index contributed by atoms with van der Waals surface area (Å²) in [6.45, 7) is 0. The molecule has 0 amide bonds. The van der Waals surface area contributed by atoms with Crippen LogP contribution in [0.25, 0.3) is 0 Å². The van der Waals surface area contributed by atoms with E-state index in [0.717, 1.165) is 0 Å². The average Bonchev–Trinajstić information content (AvgIpc) is 2.30. The van der Waals surface area contributed by atoms with E-state index >= 15 is 0 Å². The molecule has 4 heteroatoms. The first-order valence-corrected chi connectivity index (χ1v) is 5.72. The maximum absolute atomic E-state index is 9.21. The topological polar surface area (TPSA) is 40.5 Å². The Labute approximate surface area is 109 Å². The Morgan fingerprint density at radius 2 is 0.941 bits per heavy atom. The van der Waals surface area contributed by atoms with Gasteiger partial charge in [0.25, 0.3) is 0 Å². The van der Waals surface area contributed by atoms with E-state index in [4.69, 9.17) is 23.2 Å². The lowest BCUT2D eigenvalue weighted by Gasteiger charge is -2.20. The SMILES string of the molecule is Oc1ccc(C(Cl)(Cl)c2ccc(O)cc2)cc1. The molecule has 0 saturated carbocycles. The number of rotatable bonds is 2. The van der Waals surface area contributed by atoms with E-state index in [1.807, 2.05) is 0 Å². The third kappa shape index (κ3) is 2.48. The third-order valence-electron chi connectivity index (χ3n) is 2.46. The van der Waals surface area contributed by atoms with E-state index in [9.17, 15) is 10.2 Å². The molecule has 0 aliphatic heterocycles. The van der Waals surface area contributed by atoms with E-state index in [2.05, 4.69) is 0 Å². The van der Waals surface area contributed by atoms with Crippen molar-refractivity contribution in [3.05, 3.63) is 59.7 Å². The van der Waals surface area contributed by atoms with Crippen molar-refractivity contribution in [2.75, 3.05) is 0 Å². The molecule has 0 aliphatic carbocycles. The van der Waals surface area contributed by atoms with Gasteiger partial charge in [0.2, 0.25) is 0 Å². The lowest BCUT2D eigenvalue weighted by atomic mass is 10.0. The Hall–Kier alpha value is -1.38. The van der Waals surface area contributed by atoms with Gasteiger partial charge in [0, 0.05) is 0 Å². The van der Waals surface area contributed by atoms with E-state index in [0.29, 0.717) is 11.1 Å². The number of phenolic OH excluding ortho intramolecular Hbond substituents is 2. The highest BCUT2D eigenvalue weighted by atomic mass is 35.5. The minimum absolute atomic E-state index is 0.156. The fourth-order valence-electron chi connectivity index (χ4n) is 1.51. The molecule has 0 heterocycles. The molecule has 2 rings (SSSR count). The van der Waals surface area contributed by atoms with Gasteiger partial charge in [-0.2, -0.15) is 0 Å². The maximum Gasteiger partial charge on any atom is 0.168 e. The van der Waals surface area contributed by atoms with Gasteiger partial charge in [-0.3, -0.25) is 0 Å². The van der Waals surface area contributed by atoms with E-state index in [-0.39, 0.29) is 11.5 Å². The van der Waals surface area contributed by atoms with Crippen molar-refractivity contribution in [1.82, 2.24) is 0 Å². The van der Waals surface area contributed by atoms with Gasteiger partial charge in [0.15, 0.2) is 4.33 Å². The molecule has 0 atom stereocenters. The van der Waals surface area contributed by atoms with Crippen LogP contribution in [0.2, 0.25) is 0 Å². The zero-order chi connectivity index (χ0) is 12.5. The molecule has 2 nitrogen and oxygen atoms in total. The number of alkyl halides is 2. The molecule has 17 heavy (non-hydrogen) atoms. The Kier molecular flexibility index (Phi) is 3.18. The summed E-state index contributed by atoms with van der Waals surface area (Å²) < 4.78 is -1.21. The van der Waals surface area contributed by atoms with Gasteiger partial charge in [-0.05, 0) is 35.4 Å². The van der Waals surface area contributed by atoms with Crippen LogP contribution in [0.3, 0.4) is 0 Å². The summed E-state index contributed by atoms with van der Waals surface area (Å²) >= 11 is 12.6. The van der Waals surface area contributed by atoms with Gasteiger partial charge in [0.1, 0.15) is 11.5 Å². The van der Waals surface area contributed by atoms with Gasteiger partial charge in [-0.1, -0.05) is 47.5 Å². The van der Waals surface area contributed by atoms with E-state index in [1.54, 1.807) is 24.3 Å². The second-order valence-corrected chi connectivity index (χ2v) is 5.00. The van der Waals surface area contributed by atoms with Crippen molar-refractivity contribution in [3.63, 3.8) is 0 Å². The monoisotopic (exact) mass is 268 g/mol. The lowest BCUT2D eigenvalue weighted by Crippen LogP contribution is -2.11. The van der Waals surface area contributed by atoms with Crippen LogP contribution in [0, 0.1) is 0 Å². The van der Waals surface area contributed by atoms with Gasteiger partial charge in [-0.15, -0.1) is 0 Å². The third-order valence-corrected chi connectivity index (χ3v) is 3.33. The summed E-state index contributed by atoms with van der Waals surface area (Å²) in [7, 11) is 0. The highest BCUT2D eigenvalue weighted by Crippen LogP contribution is 2.41. The number of aromatic hydroxyl groups is 2. The molecule has 2 N–H and O–H groups in total. The molecule has 2 aromatic carbocycles. The van der Waals surface area contributed by atoms with Crippen molar-refractivity contribution in [2.24, 2.45) is 0 Å². The summed E-state index contributed by atoms with van der Waals surface area (Å²) in [6, 6.07) is 12.7. The molecule has 88 valence electrons. The smallest absolute Gasteiger partial charge is 0.168 e. The van der Waals surface area contributed by atoms with Crippen LogP contribution in [0.15, 0.2) is 48.5 Å². The lowest BCUT2D eigenvalue weighted by molar-refractivity contribution is 0.475. The van der Waals surface area contributed by atoms with E-state index < -0.39 is 4.33 Å². The second kappa shape index (κ2) is 4.47. The van der Waals surface area contributed by atoms with E-state index in [1.165, 1.54) is 24.3 Å². The van der Waals surface area contributed by atoms with Gasteiger partial charge >= 0.3 is 0 Å². The minimum Gasteiger partial charge on any atom is -0.508 e. The summed E-state index contributed by atoms with van der Waals surface area (Å²) in [5, 5.41) is 18.4. The average molecular weight is 269 g/mol. The van der Waals surface area contributed by atoms with Crippen LogP contribution in [0.4, 0.5) is 0 Å². The molecule has 0 unspecified atom stereocenters. The van der Waals surface area contributed by atoms with Crippen LogP contribution in [-0.2, 0) is 4.33 Å². The molecule has 0 fully saturated rings. The Balaban J connectivity index is 2.41. The number of hydrogen-bond donors (Lipinski definition) is 2. The molecular formula is C13H10Cl2O2. The molecule has 0 bridgehead atoms. The standard InChI is InChI=1S/C13H10Cl2O2/c14-13(15,9-1-5-11(16)6-2-9)10-3-7-12(17)8-4-10/h1-8,16-17H. The van der Waals surface area contributed by atoms with Crippen molar-refractivity contribution in [1.29, 1.82) is 0 Å². The second-order valence-electron chi connectivity index (χ2n) is 3.67. The van der Waals surface area contributed by atoms with Crippen LogP contribution >= 0.6 is 23.2 Å². The van der Waals surface area contributed by atoms with Crippen LogP contribution < -0.4 is 0 Å². The van der Waals surface area contributed by atoms with Crippen molar-refractivity contribution >= 4 is 23.2 Å². The minimum atomic E-state index is -1.21. The number of benzene rings is 2. The van der Waals surface area contributed by atoms with Crippen molar-refractivity contribution in [3.8, 4) is 11.5 Å². The summed E-state index contributed by atoms with van der Waals surface area (Å²) in [6.07, 6.45) is 0. The molecule has 0 saturated heterocycles. The Bertz CT molecular complexity index is 456. The highest BCUT2D eigenvalue weighted by molar-refractivity contribution is 6.50. The summed E-state index contributed by atoms with van der Waals surface area (Å²) in [5.74, 6) is 0.312. The molecule has 0 radical (unpaired) electrons. The molecule has 2 aromatic rings. The van der Waals surface area contributed by atoms with Gasteiger partial charge in [0.05, 0.1) is 0 Å². The van der Waals surface area contributed by atoms with Gasteiger partial charge < -0.3 is 10.2 Å². The molecule has 0 spiro atoms. The van der Waals surface area contributed by atoms with Crippen LogP contribution in [-0.4, -0.2) is 10.2 Å². The number of phenols is 2. The van der Waals surface area contributed by atoms with Crippen LogP contribution in [0.1, 0.15) is 11.1 Å². The molecule has 0 aliphatic rings. The predicted octanol–water partition coefficient (Wildman–Crippen LogP) is 3.78. The highest BCUT2D eigenvalue weighted by Gasteiger charge is 2.28. The first-order chi connectivity index (χ1) is 8.00. The number of hydrogen-bond acceptors (Lipinski definition) is 2. The normalized spacial score (nSPS) is 11.4. The maximum atomic E-state index is 9.21. The first-order valence-electron chi connectivity index (χ1n) is 4.97. The number of halogens is 2. The summed E-state index contributed by atoms with van der Waals surface area (Å²) in [4.78, 5) is 0. The fraction of sp³-hybridized carbons (Fsp3) is 0.0769. The van der Waals surface area contributed by atoms with Crippen LogP contribution in [0.5, 0.6) is 11.5 Å². The van der Waals surface area contributed by atoms with Crippen molar-refractivity contribution in [2.45, 2.75) is 4.33 Å². The van der Waals surface area contributed by atoms with Crippen molar-refractivity contribution < 1.29 is 10.2 Å². The first kappa shape index (κ1) is 12.1. The quantitative estimate of drug-likeness (QED) is 0.814. The predicted molar refractivity (Wildman–Crippen MR) is 68.7 cm³/mol. The molecule has 0 aromatic heterocycles. The largest absolute Gasteiger partial charge is 0.508 e. The Morgan fingerprint density at radius 1 is 0.647 bits per heavy atom. The van der Waals surface area contributed by atoms with Gasteiger partial charge in [-0.25, -0.2) is 0 Å². The summed E-state index contributed by atoms with van der Waals surface area (Å²) in [5.41, 5.74) is 1.31. The zero-order valence-electron chi connectivity index (χ0n) is 8.77. The molecular weight excluding hydrogens is 259 g/mol. The Morgan fingerprint density at radius 3 is 1.24 bits per heavy atom. The fourth-order valence-corrected chi connectivity index (χ4v) is 2.01. The zero-order valence-corrected chi connectivity index (χ0v) is 10.3.